The van der Waals surface area contributed by atoms with Crippen LogP contribution in [-0.4, -0.2) is 39.5 Å². The average molecular weight is 420 g/mol. The van der Waals surface area contributed by atoms with Crippen molar-refractivity contribution >= 4 is 27.6 Å². The van der Waals surface area contributed by atoms with Crippen LogP contribution in [0.1, 0.15) is 19.4 Å². The van der Waals surface area contributed by atoms with Gasteiger partial charge in [-0.2, -0.15) is 4.72 Å². The lowest BCUT2D eigenvalue weighted by Crippen LogP contribution is -2.40. The summed E-state index contributed by atoms with van der Waals surface area (Å²) in [5.41, 5.74) is 1.36. The molecule has 0 saturated carbocycles. The van der Waals surface area contributed by atoms with Crippen molar-refractivity contribution in [2.75, 3.05) is 18.5 Å². The number of anilines is 1. The molecule has 0 aliphatic carbocycles. The van der Waals surface area contributed by atoms with Crippen molar-refractivity contribution in [1.29, 1.82) is 0 Å². The number of para-hydroxylation sites is 2. The standard InChI is InChI=1S/C20H24N2O6S/c1-4-27-18-8-6-5-7-17(18)21-19(23)13-28-20(24)15(3)22-29(25,26)16-11-9-14(2)10-12-16/h5-12,15,22H,4,13H2,1-3H3,(H,21,23)/t15-/m0/s1. The number of hydrogen-bond donors (Lipinski definition) is 2. The number of esters is 1. The molecule has 0 fully saturated rings. The summed E-state index contributed by atoms with van der Waals surface area (Å²) in [6, 6.07) is 11.9. The summed E-state index contributed by atoms with van der Waals surface area (Å²) in [7, 11) is -3.89. The van der Waals surface area contributed by atoms with Gasteiger partial charge in [-0.3, -0.25) is 9.59 Å². The number of benzene rings is 2. The van der Waals surface area contributed by atoms with Gasteiger partial charge in [0.2, 0.25) is 10.0 Å². The molecule has 0 radical (unpaired) electrons. The van der Waals surface area contributed by atoms with E-state index in [1.807, 2.05) is 13.8 Å². The van der Waals surface area contributed by atoms with Gasteiger partial charge in [-0.1, -0.05) is 29.8 Å². The molecule has 0 aliphatic rings. The molecule has 0 spiro atoms. The second-order valence-electron chi connectivity index (χ2n) is 6.24. The fraction of sp³-hybridized carbons (Fsp3) is 0.300. The predicted octanol–water partition coefficient (Wildman–Crippen LogP) is 2.24. The highest BCUT2D eigenvalue weighted by Gasteiger charge is 2.23. The highest BCUT2D eigenvalue weighted by Crippen LogP contribution is 2.23. The Balaban J connectivity index is 1.89. The highest BCUT2D eigenvalue weighted by atomic mass is 32.2. The van der Waals surface area contributed by atoms with Gasteiger partial charge in [0.05, 0.1) is 17.2 Å². The van der Waals surface area contributed by atoms with Crippen LogP contribution in [-0.2, 0) is 24.3 Å². The first-order valence-corrected chi connectivity index (χ1v) is 10.5. The van der Waals surface area contributed by atoms with Crippen molar-refractivity contribution in [1.82, 2.24) is 4.72 Å². The number of nitrogens with one attached hydrogen (secondary N) is 2. The summed E-state index contributed by atoms with van der Waals surface area (Å²) in [6.45, 7) is 4.87. The van der Waals surface area contributed by atoms with Gasteiger partial charge in [0.1, 0.15) is 11.8 Å². The minimum atomic E-state index is -3.89. The number of amides is 1. The number of hydrogen-bond acceptors (Lipinski definition) is 6. The topological polar surface area (TPSA) is 111 Å². The minimum Gasteiger partial charge on any atom is -0.492 e. The van der Waals surface area contributed by atoms with Crippen LogP contribution in [0.25, 0.3) is 0 Å². The normalized spacial score (nSPS) is 12.1. The molecule has 2 rings (SSSR count). The van der Waals surface area contributed by atoms with Crippen molar-refractivity contribution < 1.29 is 27.5 Å². The van der Waals surface area contributed by atoms with E-state index >= 15 is 0 Å². The van der Waals surface area contributed by atoms with Gasteiger partial charge < -0.3 is 14.8 Å². The molecule has 0 heterocycles. The fourth-order valence-electron chi connectivity index (χ4n) is 2.37. The third-order valence-electron chi connectivity index (χ3n) is 3.82. The predicted molar refractivity (Wildman–Crippen MR) is 108 cm³/mol. The van der Waals surface area contributed by atoms with Gasteiger partial charge in [-0.25, -0.2) is 8.42 Å². The lowest BCUT2D eigenvalue weighted by atomic mass is 10.2. The van der Waals surface area contributed by atoms with E-state index < -0.39 is 34.5 Å². The first-order valence-electron chi connectivity index (χ1n) is 9.00. The molecule has 29 heavy (non-hydrogen) atoms. The maximum absolute atomic E-state index is 12.3. The van der Waals surface area contributed by atoms with Crippen molar-refractivity contribution in [3.05, 3.63) is 54.1 Å². The molecule has 2 aromatic carbocycles. The molecular weight excluding hydrogens is 396 g/mol. The largest absolute Gasteiger partial charge is 0.492 e. The molecule has 156 valence electrons. The van der Waals surface area contributed by atoms with Crippen molar-refractivity contribution in [3.63, 3.8) is 0 Å². The van der Waals surface area contributed by atoms with Crippen LogP contribution in [0.4, 0.5) is 5.69 Å². The lowest BCUT2D eigenvalue weighted by Gasteiger charge is -2.14. The zero-order valence-electron chi connectivity index (χ0n) is 16.5. The Kier molecular flexibility index (Phi) is 7.74. The van der Waals surface area contributed by atoms with E-state index in [0.29, 0.717) is 18.0 Å². The van der Waals surface area contributed by atoms with Gasteiger partial charge in [-0.05, 0) is 45.0 Å². The molecule has 0 saturated heterocycles. The van der Waals surface area contributed by atoms with E-state index in [-0.39, 0.29) is 4.90 Å². The molecule has 2 N–H and O–H groups in total. The molecule has 0 aromatic heterocycles. The number of carbonyl (C=O) groups excluding carboxylic acids is 2. The van der Waals surface area contributed by atoms with Crippen LogP contribution in [0.3, 0.4) is 0 Å². The molecule has 1 amide bonds. The number of ether oxygens (including phenoxy) is 2. The van der Waals surface area contributed by atoms with E-state index in [1.54, 1.807) is 36.4 Å². The molecule has 0 unspecified atom stereocenters. The minimum absolute atomic E-state index is 0.0352. The summed E-state index contributed by atoms with van der Waals surface area (Å²) in [5, 5.41) is 2.59. The third kappa shape index (κ3) is 6.58. The molecule has 0 bridgehead atoms. The number of carbonyl (C=O) groups is 2. The van der Waals surface area contributed by atoms with E-state index in [4.69, 9.17) is 9.47 Å². The van der Waals surface area contributed by atoms with Crippen LogP contribution in [0.5, 0.6) is 5.75 Å². The molecule has 9 heteroatoms. The van der Waals surface area contributed by atoms with E-state index in [1.165, 1.54) is 19.1 Å². The van der Waals surface area contributed by atoms with Crippen molar-refractivity contribution in [2.45, 2.75) is 31.7 Å². The first-order chi connectivity index (χ1) is 13.7. The zero-order valence-corrected chi connectivity index (χ0v) is 17.3. The van der Waals surface area contributed by atoms with Gasteiger partial charge in [-0.15, -0.1) is 0 Å². The second kappa shape index (κ2) is 10.0. The third-order valence-corrected chi connectivity index (χ3v) is 5.38. The van der Waals surface area contributed by atoms with Crippen LogP contribution in [0.15, 0.2) is 53.4 Å². The van der Waals surface area contributed by atoms with Crippen molar-refractivity contribution in [3.8, 4) is 5.75 Å². The molecule has 8 nitrogen and oxygen atoms in total. The maximum atomic E-state index is 12.3. The fourth-order valence-corrected chi connectivity index (χ4v) is 3.56. The average Bonchev–Trinajstić information content (AvgIpc) is 2.67. The van der Waals surface area contributed by atoms with Gasteiger partial charge in [0.15, 0.2) is 6.61 Å². The van der Waals surface area contributed by atoms with Gasteiger partial charge in [0.25, 0.3) is 5.91 Å². The summed E-state index contributed by atoms with van der Waals surface area (Å²) in [6.07, 6.45) is 0. The Morgan fingerprint density at radius 1 is 1.07 bits per heavy atom. The SMILES string of the molecule is CCOc1ccccc1NC(=O)COC(=O)[C@H](C)NS(=O)(=O)c1ccc(C)cc1. The first kappa shape index (κ1) is 22.4. The van der Waals surface area contributed by atoms with Crippen LogP contribution in [0, 0.1) is 6.92 Å². The lowest BCUT2D eigenvalue weighted by molar-refractivity contribution is -0.148. The Morgan fingerprint density at radius 2 is 1.72 bits per heavy atom. The number of rotatable bonds is 9. The number of aryl methyl sites for hydroxylation is 1. The molecular formula is C20H24N2O6S. The van der Waals surface area contributed by atoms with E-state index in [9.17, 15) is 18.0 Å². The number of sulfonamides is 1. The van der Waals surface area contributed by atoms with Crippen LogP contribution >= 0.6 is 0 Å². The van der Waals surface area contributed by atoms with Crippen LogP contribution < -0.4 is 14.8 Å². The zero-order chi connectivity index (χ0) is 21.4. The van der Waals surface area contributed by atoms with E-state index in [2.05, 4.69) is 10.0 Å². The summed E-state index contributed by atoms with van der Waals surface area (Å²) >= 11 is 0. The molecule has 0 aliphatic heterocycles. The van der Waals surface area contributed by atoms with Gasteiger partial charge >= 0.3 is 5.97 Å². The van der Waals surface area contributed by atoms with Crippen LogP contribution in [0.2, 0.25) is 0 Å². The Labute approximate surface area is 170 Å². The molecule has 1 atom stereocenters. The van der Waals surface area contributed by atoms with Crippen molar-refractivity contribution in [2.24, 2.45) is 0 Å². The Bertz CT molecular complexity index is 957. The van der Waals surface area contributed by atoms with E-state index in [0.717, 1.165) is 5.56 Å². The maximum Gasteiger partial charge on any atom is 0.324 e. The summed E-state index contributed by atoms with van der Waals surface area (Å²) in [4.78, 5) is 24.2. The molecule has 2 aromatic rings. The second-order valence-corrected chi connectivity index (χ2v) is 7.96. The Hall–Kier alpha value is -2.91. The quantitative estimate of drug-likeness (QED) is 0.602. The summed E-state index contributed by atoms with van der Waals surface area (Å²) < 4.78 is 37.2. The smallest absolute Gasteiger partial charge is 0.324 e. The van der Waals surface area contributed by atoms with Gasteiger partial charge in [0, 0.05) is 0 Å². The monoisotopic (exact) mass is 420 g/mol. The Morgan fingerprint density at radius 3 is 2.38 bits per heavy atom. The highest BCUT2D eigenvalue weighted by molar-refractivity contribution is 7.89. The summed E-state index contributed by atoms with van der Waals surface area (Å²) in [5.74, 6) is -0.943.